The van der Waals surface area contributed by atoms with Crippen LogP contribution in [0.15, 0.2) is 0 Å². The highest BCUT2D eigenvalue weighted by molar-refractivity contribution is 5.06. The highest BCUT2D eigenvalue weighted by atomic mass is 16.6. The maximum atomic E-state index is 6.34. The molecule has 2 heteroatoms. The van der Waals surface area contributed by atoms with Gasteiger partial charge in [0.05, 0.1) is 25.4 Å². The zero-order valence-electron chi connectivity index (χ0n) is 16.5. The molecule has 22 heavy (non-hydrogen) atoms. The fourth-order valence-corrected chi connectivity index (χ4v) is 3.85. The summed E-state index contributed by atoms with van der Waals surface area (Å²) in [6.45, 7) is 25.3. The van der Waals surface area contributed by atoms with Crippen molar-refractivity contribution >= 4 is 0 Å². The van der Waals surface area contributed by atoms with Gasteiger partial charge in [0.25, 0.3) is 0 Å². The molecule has 2 aliphatic rings. The van der Waals surface area contributed by atoms with E-state index in [9.17, 15) is 0 Å². The standard InChI is InChI=1S/C20H38O2/c1-17(2,3)19(7,8)13-11-21-16-14(12-22-15(13)16)20(9,10)18(4,5)6/h13-16H,11-12H2,1-10H3. The molecule has 0 bridgehead atoms. The number of hydrogen-bond donors (Lipinski definition) is 0. The van der Waals surface area contributed by atoms with Gasteiger partial charge in [0.15, 0.2) is 0 Å². The maximum Gasteiger partial charge on any atom is 0.0896 e. The van der Waals surface area contributed by atoms with Gasteiger partial charge in [-0.3, -0.25) is 0 Å². The van der Waals surface area contributed by atoms with Crippen LogP contribution in [0, 0.1) is 33.5 Å². The van der Waals surface area contributed by atoms with E-state index in [1.54, 1.807) is 0 Å². The van der Waals surface area contributed by atoms with Crippen molar-refractivity contribution < 1.29 is 9.47 Å². The summed E-state index contributed by atoms with van der Waals surface area (Å²) in [7, 11) is 0. The topological polar surface area (TPSA) is 18.5 Å². The first-order valence-corrected chi connectivity index (χ1v) is 8.94. The van der Waals surface area contributed by atoms with Gasteiger partial charge in [0.2, 0.25) is 0 Å². The quantitative estimate of drug-likeness (QED) is 0.701. The Morgan fingerprint density at radius 2 is 0.818 bits per heavy atom. The molecule has 2 aliphatic heterocycles. The predicted octanol–water partition coefficient (Wildman–Crippen LogP) is 5.16. The zero-order valence-corrected chi connectivity index (χ0v) is 16.5. The van der Waals surface area contributed by atoms with Crippen molar-refractivity contribution in [1.82, 2.24) is 0 Å². The molecule has 4 unspecified atom stereocenters. The molecule has 0 radical (unpaired) electrons. The van der Waals surface area contributed by atoms with Crippen molar-refractivity contribution in [2.24, 2.45) is 33.5 Å². The molecular formula is C20H38O2. The van der Waals surface area contributed by atoms with E-state index < -0.39 is 0 Å². The van der Waals surface area contributed by atoms with Crippen molar-refractivity contribution in [3.05, 3.63) is 0 Å². The minimum atomic E-state index is 0.202. The Morgan fingerprint density at radius 3 is 1.05 bits per heavy atom. The first kappa shape index (κ1) is 18.3. The predicted molar refractivity (Wildman–Crippen MR) is 92.9 cm³/mol. The molecule has 2 nitrogen and oxygen atoms in total. The summed E-state index contributed by atoms with van der Waals surface area (Å²) < 4.78 is 12.7. The molecule has 0 amide bonds. The summed E-state index contributed by atoms with van der Waals surface area (Å²) in [4.78, 5) is 0. The fourth-order valence-electron chi connectivity index (χ4n) is 3.85. The summed E-state index contributed by atoms with van der Waals surface area (Å²) in [6, 6.07) is 0. The second-order valence-corrected chi connectivity index (χ2v) is 10.8. The molecule has 0 spiro atoms. The van der Waals surface area contributed by atoms with Crippen LogP contribution in [0.25, 0.3) is 0 Å². The van der Waals surface area contributed by atoms with Gasteiger partial charge in [-0.25, -0.2) is 0 Å². The van der Waals surface area contributed by atoms with E-state index in [0.29, 0.717) is 11.8 Å². The van der Waals surface area contributed by atoms with E-state index in [-0.39, 0.29) is 33.9 Å². The van der Waals surface area contributed by atoms with Crippen molar-refractivity contribution in [1.29, 1.82) is 0 Å². The summed E-state index contributed by atoms with van der Waals surface area (Å²) in [5, 5.41) is 0. The van der Waals surface area contributed by atoms with Gasteiger partial charge in [-0.2, -0.15) is 0 Å². The maximum absolute atomic E-state index is 6.34. The number of fused-ring (bicyclic) bond motifs is 1. The van der Waals surface area contributed by atoms with Gasteiger partial charge in [-0.15, -0.1) is 0 Å². The Hall–Kier alpha value is -0.0800. The Morgan fingerprint density at radius 1 is 0.545 bits per heavy atom. The minimum Gasteiger partial charge on any atom is -0.375 e. The van der Waals surface area contributed by atoms with E-state index in [2.05, 4.69) is 69.2 Å². The summed E-state index contributed by atoms with van der Waals surface area (Å²) in [5.41, 5.74) is 0.897. The lowest BCUT2D eigenvalue weighted by atomic mass is 9.58. The lowest BCUT2D eigenvalue weighted by molar-refractivity contribution is -0.0419. The van der Waals surface area contributed by atoms with Crippen molar-refractivity contribution in [3.63, 3.8) is 0 Å². The third kappa shape index (κ3) is 2.65. The molecular weight excluding hydrogens is 272 g/mol. The van der Waals surface area contributed by atoms with Crippen molar-refractivity contribution in [2.75, 3.05) is 13.2 Å². The monoisotopic (exact) mass is 310 g/mol. The van der Waals surface area contributed by atoms with Crippen LogP contribution in [0.2, 0.25) is 0 Å². The lowest BCUT2D eigenvalue weighted by Gasteiger charge is -2.45. The molecule has 4 atom stereocenters. The first-order valence-electron chi connectivity index (χ1n) is 8.94. The average molecular weight is 311 g/mol. The number of ether oxygens (including phenoxy) is 2. The molecule has 0 aromatic heterocycles. The van der Waals surface area contributed by atoms with Crippen LogP contribution in [-0.2, 0) is 9.47 Å². The van der Waals surface area contributed by atoms with E-state index in [1.807, 2.05) is 0 Å². The zero-order chi connectivity index (χ0) is 17.1. The highest BCUT2D eigenvalue weighted by Crippen LogP contribution is 2.56. The fraction of sp³-hybridized carbons (Fsp3) is 1.00. The van der Waals surface area contributed by atoms with Crippen LogP contribution in [0.4, 0.5) is 0 Å². The van der Waals surface area contributed by atoms with Crippen molar-refractivity contribution in [2.45, 2.75) is 81.4 Å². The Kier molecular flexibility index (Phi) is 4.32. The van der Waals surface area contributed by atoms with Gasteiger partial charge in [0, 0.05) is 11.8 Å². The molecule has 2 fully saturated rings. The number of hydrogen-bond acceptors (Lipinski definition) is 2. The lowest BCUT2D eigenvalue weighted by Crippen LogP contribution is -2.45. The molecule has 0 aromatic carbocycles. The Bertz CT molecular complexity index is 368. The normalized spacial score (nSPS) is 34.1. The summed E-state index contributed by atoms with van der Waals surface area (Å²) in [5.74, 6) is 0.969. The first-order chi connectivity index (χ1) is 9.71. The largest absolute Gasteiger partial charge is 0.375 e. The Balaban J connectivity index is 2.23. The molecule has 0 N–H and O–H groups in total. The summed E-state index contributed by atoms with van der Waals surface area (Å²) in [6.07, 6.45) is 0.529. The van der Waals surface area contributed by atoms with Gasteiger partial charge in [0.1, 0.15) is 0 Å². The molecule has 2 rings (SSSR count). The molecule has 2 saturated heterocycles. The second-order valence-electron chi connectivity index (χ2n) is 10.8. The average Bonchev–Trinajstić information content (AvgIpc) is 2.84. The van der Waals surface area contributed by atoms with Gasteiger partial charge in [-0.1, -0.05) is 69.2 Å². The minimum absolute atomic E-state index is 0.202. The van der Waals surface area contributed by atoms with Crippen LogP contribution in [0.1, 0.15) is 69.2 Å². The van der Waals surface area contributed by atoms with E-state index in [0.717, 1.165) is 13.2 Å². The van der Waals surface area contributed by atoms with Crippen LogP contribution < -0.4 is 0 Å². The number of rotatable bonds is 2. The molecule has 130 valence electrons. The Labute approximate surface area is 138 Å². The third-order valence-electron chi connectivity index (χ3n) is 7.77. The molecule has 0 aromatic rings. The van der Waals surface area contributed by atoms with E-state index >= 15 is 0 Å². The van der Waals surface area contributed by atoms with Crippen LogP contribution >= 0.6 is 0 Å². The van der Waals surface area contributed by atoms with Gasteiger partial charge >= 0.3 is 0 Å². The molecule has 2 heterocycles. The van der Waals surface area contributed by atoms with Gasteiger partial charge < -0.3 is 9.47 Å². The molecule has 0 aliphatic carbocycles. The van der Waals surface area contributed by atoms with Crippen LogP contribution in [0.3, 0.4) is 0 Å². The van der Waals surface area contributed by atoms with Crippen LogP contribution in [0.5, 0.6) is 0 Å². The second kappa shape index (κ2) is 5.21. The van der Waals surface area contributed by atoms with Gasteiger partial charge in [-0.05, 0) is 21.7 Å². The van der Waals surface area contributed by atoms with Crippen molar-refractivity contribution in [3.8, 4) is 0 Å². The summed E-state index contributed by atoms with van der Waals surface area (Å²) >= 11 is 0. The smallest absolute Gasteiger partial charge is 0.0896 e. The van der Waals surface area contributed by atoms with E-state index in [4.69, 9.17) is 9.47 Å². The van der Waals surface area contributed by atoms with E-state index in [1.165, 1.54) is 0 Å². The van der Waals surface area contributed by atoms with Crippen LogP contribution in [-0.4, -0.2) is 25.4 Å². The molecule has 0 saturated carbocycles. The SMILES string of the molecule is CC(C)(C)C(C)(C)C1COC2C1OCC2C(C)(C)C(C)(C)C. The highest BCUT2D eigenvalue weighted by Gasteiger charge is 2.58. The third-order valence-corrected chi connectivity index (χ3v) is 7.77.